The predicted octanol–water partition coefficient (Wildman–Crippen LogP) is 7.54. The van der Waals surface area contributed by atoms with Gasteiger partial charge in [-0.1, -0.05) is 24.3 Å². The second kappa shape index (κ2) is 12.0. The summed E-state index contributed by atoms with van der Waals surface area (Å²) >= 11 is 0. The number of carbonyl (C=O) groups is 1. The van der Waals surface area contributed by atoms with Crippen molar-refractivity contribution in [2.75, 3.05) is 11.6 Å². The van der Waals surface area contributed by atoms with E-state index in [0.717, 1.165) is 35.9 Å². The Balaban J connectivity index is 1.41. The van der Waals surface area contributed by atoms with E-state index in [1.807, 2.05) is 18.2 Å². The lowest BCUT2D eigenvalue weighted by atomic mass is 9.96. The van der Waals surface area contributed by atoms with Crippen LogP contribution in [0.5, 0.6) is 11.5 Å². The Bertz CT molecular complexity index is 1700. The first-order chi connectivity index (χ1) is 19.9. The van der Waals surface area contributed by atoms with Crippen molar-refractivity contribution in [1.82, 2.24) is 4.98 Å². The zero-order valence-electron chi connectivity index (χ0n) is 22.8. The molecule has 1 atom stereocenters. The number of carbonyl (C=O) groups excluding carboxylic acids is 1. The number of Topliss-reactive ketones (excluding diaryl/α,β-unsaturated/α-hetero) is 1. The molecule has 10 heteroatoms. The van der Waals surface area contributed by atoms with Crippen molar-refractivity contribution in [2.24, 2.45) is 5.92 Å². The molecule has 0 aliphatic heterocycles. The van der Waals surface area contributed by atoms with Crippen LogP contribution in [-0.4, -0.2) is 25.4 Å². The van der Waals surface area contributed by atoms with E-state index in [0.29, 0.717) is 47.8 Å². The van der Waals surface area contributed by atoms with Crippen molar-refractivity contribution in [1.29, 1.82) is 0 Å². The quantitative estimate of drug-likeness (QED) is 0.216. The molecule has 0 spiro atoms. The summed E-state index contributed by atoms with van der Waals surface area (Å²) in [7, 11) is -3.34. The van der Waals surface area contributed by atoms with Gasteiger partial charge in [0.25, 0.3) is 0 Å². The van der Waals surface area contributed by atoms with E-state index in [4.69, 9.17) is 4.74 Å². The Kier molecular flexibility index (Phi) is 8.36. The summed E-state index contributed by atoms with van der Waals surface area (Å²) in [5.41, 5.74) is 2.11. The van der Waals surface area contributed by atoms with E-state index in [9.17, 15) is 26.4 Å². The van der Waals surface area contributed by atoms with E-state index >= 15 is 0 Å². The van der Waals surface area contributed by atoms with Crippen LogP contribution in [0.2, 0.25) is 0 Å². The number of alkyl halides is 3. The largest absolute Gasteiger partial charge is 0.457 e. The first-order valence-electron chi connectivity index (χ1n) is 13.4. The van der Waals surface area contributed by atoms with Crippen LogP contribution in [0, 0.1) is 5.92 Å². The second-order valence-corrected chi connectivity index (χ2v) is 12.5. The Morgan fingerprint density at radius 2 is 1.76 bits per heavy atom. The number of nitrogens with one attached hydrogen (secondary N) is 1. The number of anilines is 2. The first-order valence-corrected chi connectivity index (χ1v) is 15.3. The van der Waals surface area contributed by atoms with Gasteiger partial charge in [0.1, 0.15) is 23.1 Å². The van der Waals surface area contributed by atoms with Crippen molar-refractivity contribution >= 4 is 27.1 Å². The van der Waals surface area contributed by atoms with Gasteiger partial charge in [-0.15, -0.1) is 0 Å². The van der Waals surface area contributed by atoms with Gasteiger partial charge in [-0.05, 0) is 90.0 Å². The van der Waals surface area contributed by atoms with Gasteiger partial charge in [-0.3, -0.25) is 4.79 Å². The summed E-state index contributed by atoms with van der Waals surface area (Å²) in [5, 5.41) is 3.30. The Labute approximate surface area is 242 Å². The number of pyridine rings is 1. The van der Waals surface area contributed by atoms with Gasteiger partial charge in [0, 0.05) is 37.4 Å². The molecule has 1 fully saturated rings. The fourth-order valence-corrected chi connectivity index (χ4v) is 5.71. The monoisotopic (exact) mass is 594 g/mol. The minimum atomic E-state index is -4.42. The van der Waals surface area contributed by atoms with Crippen LogP contribution in [0.15, 0.2) is 90.0 Å². The van der Waals surface area contributed by atoms with E-state index in [-0.39, 0.29) is 23.0 Å². The predicted molar refractivity (Wildman–Crippen MR) is 154 cm³/mol. The summed E-state index contributed by atoms with van der Waals surface area (Å²) in [6.45, 7) is 0. The molecule has 42 heavy (non-hydrogen) atoms. The highest BCUT2D eigenvalue weighted by molar-refractivity contribution is 7.90. The minimum Gasteiger partial charge on any atom is -0.457 e. The molecule has 5 rings (SSSR count). The molecule has 1 aromatic heterocycles. The third-order valence-electron chi connectivity index (χ3n) is 7.20. The van der Waals surface area contributed by atoms with Crippen molar-refractivity contribution in [3.05, 3.63) is 107 Å². The average Bonchev–Trinajstić information content (AvgIpc) is 3.35. The molecule has 4 aromatic rings. The van der Waals surface area contributed by atoms with Crippen molar-refractivity contribution in [3.8, 4) is 11.5 Å². The SMILES string of the molecule is CS(=O)(=O)c1ccc(Oc2ccc(Nc3ncccc3Cc3cccc(C(F)(F)F)c3)cc2CC2CCC(=O)C2)cc1. The lowest BCUT2D eigenvalue weighted by Crippen LogP contribution is -2.06. The first kappa shape index (κ1) is 29.3. The maximum atomic E-state index is 13.2. The van der Waals surface area contributed by atoms with Gasteiger partial charge >= 0.3 is 6.18 Å². The maximum Gasteiger partial charge on any atom is 0.416 e. The molecule has 3 aromatic carbocycles. The molecule has 1 N–H and O–H groups in total. The van der Waals surface area contributed by atoms with Gasteiger partial charge in [0.2, 0.25) is 0 Å². The van der Waals surface area contributed by atoms with Crippen LogP contribution in [-0.2, 0) is 33.6 Å². The van der Waals surface area contributed by atoms with Crippen LogP contribution in [0.1, 0.15) is 41.5 Å². The number of hydrogen-bond donors (Lipinski definition) is 1. The average molecular weight is 595 g/mol. The number of sulfone groups is 1. The molecule has 1 unspecified atom stereocenters. The smallest absolute Gasteiger partial charge is 0.416 e. The van der Waals surface area contributed by atoms with Gasteiger partial charge in [0.15, 0.2) is 9.84 Å². The molecular weight excluding hydrogens is 565 g/mol. The summed E-state index contributed by atoms with van der Waals surface area (Å²) < 4.78 is 69.5. The van der Waals surface area contributed by atoms with Gasteiger partial charge < -0.3 is 10.1 Å². The van der Waals surface area contributed by atoms with Crippen LogP contribution in [0.3, 0.4) is 0 Å². The number of rotatable bonds is 9. The standard InChI is InChI=1S/C32H29F3N2O4S/c1-42(39,40)29-12-10-28(11-13-29)41-30-14-8-26(20-24(30)17-22-7-9-27(38)19-22)37-31-23(5-3-15-36-31)16-21-4-2-6-25(18-21)32(33,34)35/h2-6,8,10-15,18,20,22H,7,9,16-17,19H2,1H3,(H,36,37). The van der Waals surface area contributed by atoms with Crippen LogP contribution in [0.4, 0.5) is 24.7 Å². The molecule has 218 valence electrons. The zero-order chi connectivity index (χ0) is 29.9. The molecule has 6 nitrogen and oxygen atoms in total. The fraction of sp³-hybridized carbons (Fsp3) is 0.250. The van der Waals surface area contributed by atoms with E-state index in [1.54, 1.807) is 36.5 Å². The Hall–Kier alpha value is -4.18. The number of ether oxygens (including phenoxy) is 1. The van der Waals surface area contributed by atoms with E-state index in [1.165, 1.54) is 18.2 Å². The van der Waals surface area contributed by atoms with Gasteiger partial charge in [-0.25, -0.2) is 13.4 Å². The number of ketones is 1. The molecule has 0 bridgehead atoms. The Morgan fingerprint density at radius 1 is 0.976 bits per heavy atom. The number of aromatic nitrogens is 1. The molecule has 1 heterocycles. The summed E-state index contributed by atoms with van der Waals surface area (Å²) in [5.74, 6) is 1.98. The summed E-state index contributed by atoms with van der Waals surface area (Å²) in [4.78, 5) is 16.6. The van der Waals surface area contributed by atoms with Gasteiger partial charge in [0.05, 0.1) is 10.5 Å². The number of nitrogens with zero attached hydrogens (tertiary/aromatic N) is 1. The van der Waals surface area contributed by atoms with Crippen LogP contribution in [0.25, 0.3) is 0 Å². The summed E-state index contributed by atoms with van der Waals surface area (Å²) in [6.07, 6.45) is 1.04. The highest BCUT2D eigenvalue weighted by Crippen LogP contribution is 2.35. The van der Waals surface area contributed by atoms with Crippen molar-refractivity contribution in [2.45, 2.75) is 43.2 Å². The number of hydrogen-bond acceptors (Lipinski definition) is 6. The van der Waals surface area contributed by atoms with Gasteiger partial charge in [-0.2, -0.15) is 13.2 Å². The molecular formula is C32H29F3N2O4S. The molecule has 1 saturated carbocycles. The lowest BCUT2D eigenvalue weighted by Gasteiger charge is -2.17. The highest BCUT2D eigenvalue weighted by atomic mass is 32.2. The molecule has 0 amide bonds. The minimum absolute atomic E-state index is 0.175. The third kappa shape index (κ3) is 7.36. The normalized spacial score (nSPS) is 15.5. The number of halogens is 3. The van der Waals surface area contributed by atoms with Crippen molar-refractivity contribution in [3.63, 3.8) is 0 Å². The second-order valence-electron chi connectivity index (χ2n) is 10.5. The van der Waals surface area contributed by atoms with Crippen molar-refractivity contribution < 1.29 is 31.1 Å². The Morgan fingerprint density at radius 3 is 2.45 bits per heavy atom. The van der Waals surface area contributed by atoms with Crippen LogP contribution < -0.4 is 10.1 Å². The lowest BCUT2D eigenvalue weighted by molar-refractivity contribution is -0.137. The zero-order valence-corrected chi connectivity index (χ0v) is 23.6. The molecule has 0 saturated heterocycles. The molecule has 1 aliphatic carbocycles. The topological polar surface area (TPSA) is 85.4 Å². The molecule has 1 aliphatic rings. The number of benzene rings is 3. The summed E-state index contributed by atoms with van der Waals surface area (Å²) in [6, 6.07) is 20.5. The highest BCUT2D eigenvalue weighted by Gasteiger charge is 2.30. The van der Waals surface area contributed by atoms with Crippen LogP contribution >= 0.6 is 0 Å². The maximum absolute atomic E-state index is 13.2. The van der Waals surface area contributed by atoms with E-state index in [2.05, 4.69) is 10.3 Å². The van der Waals surface area contributed by atoms with E-state index < -0.39 is 21.6 Å². The fourth-order valence-electron chi connectivity index (χ4n) is 5.08. The third-order valence-corrected chi connectivity index (χ3v) is 8.33. The molecule has 0 radical (unpaired) electrons.